The highest BCUT2D eigenvalue weighted by molar-refractivity contribution is 7.99. The third kappa shape index (κ3) is 4.57. The lowest BCUT2D eigenvalue weighted by atomic mass is 9.89. The number of benzene rings is 2. The predicted molar refractivity (Wildman–Crippen MR) is 104 cm³/mol. The summed E-state index contributed by atoms with van der Waals surface area (Å²) in [5.41, 5.74) is 2.02. The van der Waals surface area contributed by atoms with Crippen molar-refractivity contribution >= 4 is 17.7 Å². The molecule has 1 amide bonds. The molecule has 2 atom stereocenters. The Morgan fingerprint density at radius 2 is 1.88 bits per heavy atom. The van der Waals surface area contributed by atoms with Gasteiger partial charge in [0.05, 0.1) is 11.3 Å². The van der Waals surface area contributed by atoms with Crippen LogP contribution in [0.2, 0.25) is 0 Å². The number of para-hydroxylation sites is 1. The largest absolute Gasteiger partial charge is 0.487 e. The van der Waals surface area contributed by atoms with Crippen molar-refractivity contribution in [1.29, 1.82) is 0 Å². The zero-order chi connectivity index (χ0) is 17.9. The van der Waals surface area contributed by atoms with Crippen molar-refractivity contribution in [1.82, 2.24) is 5.32 Å². The van der Waals surface area contributed by atoms with Gasteiger partial charge < -0.3 is 10.1 Å². The van der Waals surface area contributed by atoms with Crippen LogP contribution in [0.5, 0.6) is 5.75 Å². The second kappa shape index (κ2) is 7.52. The summed E-state index contributed by atoms with van der Waals surface area (Å²) in [5, 5.41) is 3.13. The van der Waals surface area contributed by atoms with E-state index in [9.17, 15) is 4.79 Å². The van der Waals surface area contributed by atoms with Crippen molar-refractivity contribution in [3.8, 4) is 5.75 Å². The number of amides is 1. The number of hydrogen-bond donors (Lipinski definition) is 1. The van der Waals surface area contributed by atoms with Crippen LogP contribution in [0.15, 0.2) is 54.6 Å². The second-order valence-corrected chi connectivity index (χ2v) is 8.43. The van der Waals surface area contributed by atoms with Gasteiger partial charge in [0.2, 0.25) is 5.91 Å². The molecule has 3 rings (SSSR count). The van der Waals surface area contributed by atoms with Crippen molar-refractivity contribution in [2.24, 2.45) is 0 Å². The van der Waals surface area contributed by atoms with Gasteiger partial charge in [-0.2, -0.15) is 0 Å². The molecule has 132 valence electrons. The van der Waals surface area contributed by atoms with E-state index >= 15 is 0 Å². The highest BCUT2D eigenvalue weighted by Gasteiger charge is 2.34. The SMILES string of the molecule is C[C@H](SCc1ccccc1)C(=O)N[C@@H]1CC(C)(C)Oc2ccccc21. The number of rotatable bonds is 5. The van der Waals surface area contributed by atoms with Crippen LogP contribution in [-0.4, -0.2) is 16.8 Å². The molecule has 0 bridgehead atoms. The van der Waals surface area contributed by atoms with Gasteiger partial charge >= 0.3 is 0 Å². The smallest absolute Gasteiger partial charge is 0.233 e. The van der Waals surface area contributed by atoms with Crippen molar-refractivity contribution in [2.45, 2.75) is 49.8 Å². The average Bonchev–Trinajstić information content (AvgIpc) is 2.59. The molecule has 1 aliphatic rings. The molecule has 0 fully saturated rings. The lowest BCUT2D eigenvalue weighted by Crippen LogP contribution is -2.43. The molecule has 2 aromatic rings. The Morgan fingerprint density at radius 3 is 2.64 bits per heavy atom. The van der Waals surface area contributed by atoms with E-state index in [-0.39, 0.29) is 22.8 Å². The standard InChI is InChI=1S/C21H25NO2S/c1-15(25-14-16-9-5-4-6-10-16)20(23)22-18-13-21(2,3)24-19-12-8-7-11-17(18)19/h4-12,15,18H,13-14H2,1-3H3,(H,22,23)/t15-,18+/m0/s1. The Bertz CT molecular complexity index is 730. The second-order valence-electron chi connectivity index (χ2n) is 7.10. The molecule has 4 heteroatoms. The number of thioether (sulfide) groups is 1. The third-order valence-electron chi connectivity index (χ3n) is 4.40. The zero-order valence-electron chi connectivity index (χ0n) is 15.0. The molecule has 25 heavy (non-hydrogen) atoms. The van der Waals surface area contributed by atoms with E-state index in [2.05, 4.69) is 31.3 Å². The van der Waals surface area contributed by atoms with Crippen LogP contribution >= 0.6 is 11.8 Å². The van der Waals surface area contributed by atoms with Gasteiger partial charge in [-0.05, 0) is 32.4 Å². The first kappa shape index (κ1) is 17.9. The monoisotopic (exact) mass is 355 g/mol. The number of carbonyl (C=O) groups is 1. The van der Waals surface area contributed by atoms with E-state index in [1.807, 2.05) is 49.4 Å². The Morgan fingerprint density at radius 1 is 1.20 bits per heavy atom. The van der Waals surface area contributed by atoms with Gasteiger partial charge in [-0.1, -0.05) is 48.5 Å². The maximum atomic E-state index is 12.7. The van der Waals surface area contributed by atoms with Crippen molar-refractivity contribution in [3.63, 3.8) is 0 Å². The maximum absolute atomic E-state index is 12.7. The fourth-order valence-electron chi connectivity index (χ4n) is 3.09. The summed E-state index contributed by atoms with van der Waals surface area (Å²) in [6.45, 7) is 6.10. The predicted octanol–water partition coefficient (Wildman–Crippen LogP) is 4.73. The van der Waals surface area contributed by atoms with Gasteiger partial charge in [0, 0.05) is 17.7 Å². The van der Waals surface area contributed by atoms with Crippen molar-refractivity contribution < 1.29 is 9.53 Å². The number of nitrogens with one attached hydrogen (secondary N) is 1. The molecular formula is C21H25NO2S. The molecule has 0 saturated heterocycles. The number of ether oxygens (including phenoxy) is 1. The van der Waals surface area contributed by atoms with Crippen molar-refractivity contribution in [3.05, 3.63) is 65.7 Å². The van der Waals surface area contributed by atoms with Gasteiger partial charge in [-0.15, -0.1) is 11.8 Å². The van der Waals surface area contributed by atoms with Crippen LogP contribution in [0, 0.1) is 0 Å². The molecule has 0 spiro atoms. The third-order valence-corrected chi connectivity index (χ3v) is 5.62. The zero-order valence-corrected chi connectivity index (χ0v) is 15.8. The summed E-state index contributed by atoms with van der Waals surface area (Å²) in [6.07, 6.45) is 0.770. The fourth-order valence-corrected chi connectivity index (χ4v) is 3.95. The molecule has 0 aromatic heterocycles. The first-order valence-corrected chi connectivity index (χ1v) is 9.73. The quantitative estimate of drug-likeness (QED) is 0.843. The molecule has 0 radical (unpaired) electrons. The Labute approximate surface area is 154 Å². The van der Waals surface area contributed by atoms with Crippen LogP contribution in [0.3, 0.4) is 0 Å². The highest BCUT2D eigenvalue weighted by atomic mass is 32.2. The van der Waals surface area contributed by atoms with Gasteiger partial charge in [-0.3, -0.25) is 4.79 Å². The minimum absolute atomic E-state index is 0.00720. The van der Waals surface area contributed by atoms with Crippen LogP contribution in [0.1, 0.15) is 44.4 Å². The molecule has 1 heterocycles. The maximum Gasteiger partial charge on any atom is 0.233 e. The molecular weight excluding hydrogens is 330 g/mol. The fraction of sp³-hybridized carbons (Fsp3) is 0.381. The summed E-state index contributed by atoms with van der Waals surface area (Å²) in [5.74, 6) is 1.79. The summed E-state index contributed by atoms with van der Waals surface area (Å²) in [6, 6.07) is 18.2. The molecule has 1 aliphatic heterocycles. The van der Waals surface area contributed by atoms with Crippen molar-refractivity contribution in [2.75, 3.05) is 0 Å². The summed E-state index contributed by atoms with van der Waals surface area (Å²) in [7, 11) is 0. The number of fused-ring (bicyclic) bond motifs is 1. The lowest BCUT2D eigenvalue weighted by molar-refractivity contribution is -0.121. The number of carbonyl (C=O) groups excluding carboxylic acids is 1. The van der Waals surface area contributed by atoms with Gasteiger partial charge in [0.1, 0.15) is 11.4 Å². The molecule has 1 N–H and O–H groups in total. The minimum atomic E-state index is -0.285. The summed E-state index contributed by atoms with van der Waals surface area (Å²) < 4.78 is 6.04. The average molecular weight is 356 g/mol. The minimum Gasteiger partial charge on any atom is -0.487 e. The summed E-state index contributed by atoms with van der Waals surface area (Å²) in [4.78, 5) is 12.7. The first-order valence-electron chi connectivity index (χ1n) is 8.68. The van der Waals surface area contributed by atoms with E-state index in [1.165, 1.54) is 5.56 Å². The van der Waals surface area contributed by atoms with E-state index < -0.39 is 0 Å². The van der Waals surface area contributed by atoms with Crippen LogP contribution in [-0.2, 0) is 10.5 Å². The molecule has 2 aromatic carbocycles. The summed E-state index contributed by atoms with van der Waals surface area (Å²) >= 11 is 1.66. The molecule has 0 unspecified atom stereocenters. The van der Waals surface area contributed by atoms with Crippen LogP contribution in [0.4, 0.5) is 0 Å². The molecule has 3 nitrogen and oxygen atoms in total. The van der Waals surface area contributed by atoms with Gasteiger partial charge in [-0.25, -0.2) is 0 Å². The highest BCUT2D eigenvalue weighted by Crippen LogP contribution is 2.39. The first-order chi connectivity index (χ1) is 11.9. The topological polar surface area (TPSA) is 38.3 Å². The van der Waals surface area contributed by atoms with Gasteiger partial charge in [0.25, 0.3) is 0 Å². The van der Waals surface area contributed by atoms with E-state index in [1.54, 1.807) is 11.8 Å². The molecule has 0 aliphatic carbocycles. The van der Waals surface area contributed by atoms with Crippen LogP contribution in [0.25, 0.3) is 0 Å². The van der Waals surface area contributed by atoms with E-state index in [0.717, 1.165) is 23.5 Å². The number of hydrogen-bond acceptors (Lipinski definition) is 3. The lowest BCUT2D eigenvalue weighted by Gasteiger charge is -2.38. The van der Waals surface area contributed by atoms with Crippen LogP contribution < -0.4 is 10.1 Å². The Hall–Kier alpha value is -1.94. The Kier molecular flexibility index (Phi) is 5.38. The van der Waals surface area contributed by atoms with E-state index in [4.69, 9.17) is 4.74 Å². The van der Waals surface area contributed by atoms with E-state index in [0.29, 0.717) is 0 Å². The van der Waals surface area contributed by atoms with Gasteiger partial charge in [0.15, 0.2) is 0 Å². The Balaban J connectivity index is 1.64. The normalized spacial score (nSPS) is 19.4. The molecule has 0 saturated carbocycles.